The molecule has 5 heteroatoms. The molecule has 2 aliphatic carbocycles. The van der Waals surface area contributed by atoms with Crippen molar-refractivity contribution >= 4 is 17.5 Å². The smallest absolute Gasteiger partial charge is 0.227 e. The number of hydrogen-bond donors (Lipinski definition) is 2. The van der Waals surface area contributed by atoms with Gasteiger partial charge in [-0.1, -0.05) is 49.2 Å². The minimum Gasteiger partial charge on any atom is -0.334 e. The zero-order chi connectivity index (χ0) is 20.9. The maximum absolute atomic E-state index is 13.1. The molecule has 2 aromatic rings. The Bertz CT molecular complexity index is 886. The van der Waals surface area contributed by atoms with Gasteiger partial charge in [0.1, 0.15) is 0 Å². The maximum atomic E-state index is 13.1. The fourth-order valence-electron chi connectivity index (χ4n) is 4.03. The Morgan fingerprint density at radius 3 is 2.10 bits per heavy atom. The summed E-state index contributed by atoms with van der Waals surface area (Å²) < 4.78 is 0. The van der Waals surface area contributed by atoms with Crippen molar-refractivity contribution in [3.63, 3.8) is 0 Å². The lowest BCUT2D eigenvalue weighted by molar-refractivity contribution is -0.139. The van der Waals surface area contributed by atoms with E-state index < -0.39 is 0 Å². The van der Waals surface area contributed by atoms with Crippen LogP contribution in [0, 0.1) is 11.8 Å². The Balaban J connectivity index is 1.43. The molecule has 30 heavy (non-hydrogen) atoms. The van der Waals surface area contributed by atoms with E-state index in [1.807, 2.05) is 41.3 Å². The van der Waals surface area contributed by atoms with Crippen LogP contribution in [0.25, 0.3) is 0 Å². The summed E-state index contributed by atoms with van der Waals surface area (Å²) in [7, 11) is 0. The third-order valence-electron chi connectivity index (χ3n) is 6.44. The molecule has 0 heterocycles. The van der Waals surface area contributed by atoms with Gasteiger partial charge in [-0.15, -0.1) is 0 Å². The number of nitrogens with two attached hydrogens (primary N) is 1. The molecule has 4 rings (SSSR count). The van der Waals surface area contributed by atoms with Crippen molar-refractivity contribution in [2.45, 2.75) is 58.2 Å². The van der Waals surface area contributed by atoms with Crippen LogP contribution < -0.4 is 11.1 Å². The third kappa shape index (κ3) is 4.90. The molecular weight excluding hydrogens is 374 g/mol. The maximum Gasteiger partial charge on any atom is 0.227 e. The summed E-state index contributed by atoms with van der Waals surface area (Å²) in [6, 6.07) is 16.0. The summed E-state index contributed by atoms with van der Waals surface area (Å²) in [5.41, 5.74) is 9.86. The van der Waals surface area contributed by atoms with Gasteiger partial charge in [0.05, 0.1) is 0 Å². The quantitative estimate of drug-likeness (QED) is 0.691. The van der Waals surface area contributed by atoms with Crippen molar-refractivity contribution in [1.29, 1.82) is 0 Å². The molecule has 0 aliphatic heterocycles. The first kappa shape index (κ1) is 20.6. The zero-order valence-corrected chi connectivity index (χ0v) is 17.5. The summed E-state index contributed by atoms with van der Waals surface area (Å²) in [4.78, 5) is 27.2. The van der Waals surface area contributed by atoms with Gasteiger partial charge >= 0.3 is 0 Å². The first-order valence-corrected chi connectivity index (χ1v) is 11.1. The minimum atomic E-state index is 0.121. The van der Waals surface area contributed by atoms with E-state index in [0.717, 1.165) is 60.9 Å². The topological polar surface area (TPSA) is 75.4 Å². The van der Waals surface area contributed by atoms with Gasteiger partial charge < -0.3 is 16.0 Å². The highest BCUT2D eigenvalue weighted by Crippen LogP contribution is 2.30. The highest BCUT2D eigenvalue weighted by molar-refractivity contribution is 5.93. The highest BCUT2D eigenvalue weighted by atomic mass is 16.2. The summed E-state index contributed by atoms with van der Waals surface area (Å²) in [6.07, 6.45) is 6.26. The molecule has 3 N–H and O–H groups in total. The van der Waals surface area contributed by atoms with Gasteiger partial charge in [-0.05, 0) is 54.5 Å². The first-order valence-electron chi connectivity index (χ1n) is 11.1. The summed E-state index contributed by atoms with van der Waals surface area (Å²) >= 11 is 0. The van der Waals surface area contributed by atoms with E-state index in [-0.39, 0.29) is 23.7 Å². The van der Waals surface area contributed by atoms with Crippen LogP contribution >= 0.6 is 0 Å². The molecule has 5 nitrogen and oxygen atoms in total. The highest BCUT2D eigenvalue weighted by Gasteiger charge is 2.29. The summed E-state index contributed by atoms with van der Waals surface area (Å²) in [5, 5.41) is 3.00. The molecule has 0 aromatic heterocycles. The van der Waals surface area contributed by atoms with Crippen molar-refractivity contribution in [3.05, 3.63) is 65.2 Å². The molecule has 2 aromatic carbocycles. The van der Waals surface area contributed by atoms with Crippen LogP contribution in [0.15, 0.2) is 48.5 Å². The van der Waals surface area contributed by atoms with Crippen LogP contribution in [-0.2, 0) is 29.2 Å². The Morgan fingerprint density at radius 2 is 1.50 bits per heavy atom. The van der Waals surface area contributed by atoms with E-state index in [4.69, 9.17) is 5.73 Å². The predicted molar refractivity (Wildman–Crippen MR) is 118 cm³/mol. The number of nitrogens with zero attached hydrogens (tertiary/aromatic N) is 1. The summed E-state index contributed by atoms with van der Waals surface area (Å²) in [6.45, 7) is 1.65. The number of anilines is 1. The molecule has 0 radical (unpaired) electrons. The van der Waals surface area contributed by atoms with Gasteiger partial charge in [0.2, 0.25) is 11.8 Å². The standard InChI is InChI=1S/C25H31N3O2/c26-15-19-4-1-5-20(14-19)17-28(25(30)22-8-3-9-22)16-18-10-12-23(13-11-18)27-24(29)21-6-2-7-21/h1,4-5,10-14,21-22H,2-3,6-9,15-17,26H2,(H,27,29). The lowest BCUT2D eigenvalue weighted by atomic mass is 9.84. The number of benzene rings is 2. The second-order valence-electron chi connectivity index (χ2n) is 8.66. The Hall–Kier alpha value is -2.66. The average Bonchev–Trinajstić information content (AvgIpc) is 2.66. The predicted octanol–water partition coefficient (Wildman–Crippen LogP) is 4.21. The van der Waals surface area contributed by atoms with Crippen molar-refractivity contribution in [2.24, 2.45) is 17.6 Å². The van der Waals surface area contributed by atoms with E-state index >= 15 is 0 Å². The fourth-order valence-corrected chi connectivity index (χ4v) is 4.03. The first-order chi connectivity index (χ1) is 14.6. The molecule has 0 spiro atoms. The average molecular weight is 406 g/mol. The molecular formula is C25H31N3O2. The van der Waals surface area contributed by atoms with Gasteiger partial charge in [-0.25, -0.2) is 0 Å². The molecule has 0 atom stereocenters. The van der Waals surface area contributed by atoms with E-state index in [9.17, 15) is 9.59 Å². The van der Waals surface area contributed by atoms with Crippen molar-refractivity contribution in [1.82, 2.24) is 4.90 Å². The van der Waals surface area contributed by atoms with Gasteiger partial charge in [-0.3, -0.25) is 9.59 Å². The van der Waals surface area contributed by atoms with Crippen LogP contribution in [0.4, 0.5) is 5.69 Å². The number of carbonyl (C=O) groups is 2. The van der Waals surface area contributed by atoms with Crippen molar-refractivity contribution < 1.29 is 9.59 Å². The monoisotopic (exact) mass is 405 g/mol. The van der Waals surface area contributed by atoms with Crippen LogP contribution in [0.5, 0.6) is 0 Å². The lowest BCUT2D eigenvalue weighted by Crippen LogP contribution is -2.38. The van der Waals surface area contributed by atoms with Crippen molar-refractivity contribution in [3.8, 4) is 0 Å². The Labute approximate surface area is 178 Å². The lowest BCUT2D eigenvalue weighted by Gasteiger charge is -2.32. The van der Waals surface area contributed by atoms with E-state index in [1.165, 1.54) is 0 Å². The molecule has 158 valence electrons. The Kier molecular flexibility index (Phi) is 6.48. The molecule has 0 bridgehead atoms. The number of carbonyl (C=O) groups excluding carboxylic acids is 2. The fraction of sp³-hybridized carbons (Fsp3) is 0.440. The minimum absolute atomic E-state index is 0.121. The largest absolute Gasteiger partial charge is 0.334 e. The number of nitrogens with one attached hydrogen (secondary N) is 1. The van der Waals surface area contributed by atoms with Crippen LogP contribution in [0.3, 0.4) is 0 Å². The van der Waals surface area contributed by atoms with Gasteiger partial charge in [0.15, 0.2) is 0 Å². The van der Waals surface area contributed by atoms with E-state index in [1.54, 1.807) is 0 Å². The third-order valence-corrected chi connectivity index (χ3v) is 6.44. The molecule has 0 saturated heterocycles. The zero-order valence-electron chi connectivity index (χ0n) is 17.5. The molecule has 2 fully saturated rings. The normalized spacial score (nSPS) is 16.4. The molecule has 0 unspecified atom stereocenters. The Morgan fingerprint density at radius 1 is 0.867 bits per heavy atom. The van der Waals surface area contributed by atoms with Gasteiger partial charge in [-0.2, -0.15) is 0 Å². The number of amides is 2. The van der Waals surface area contributed by atoms with Crippen LogP contribution in [0.2, 0.25) is 0 Å². The van der Waals surface area contributed by atoms with E-state index in [2.05, 4.69) is 17.4 Å². The second kappa shape index (κ2) is 9.43. The SMILES string of the molecule is NCc1cccc(CN(Cc2ccc(NC(=O)C3CCC3)cc2)C(=O)C2CCC2)c1. The van der Waals surface area contributed by atoms with E-state index in [0.29, 0.717) is 19.6 Å². The summed E-state index contributed by atoms with van der Waals surface area (Å²) in [5.74, 6) is 0.686. The van der Waals surface area contributed by atoms with Gasteiger partial charge in [0.25, 0.3) is 0 Å². The number of rotatable bonds is 8. The number of hydrogen-bond acceptors (Lipinski definition) is 3. The van der Waals surface area contributed by atoms with Crippen LogP contribution in [0.1, 0.15) is 55.2 Å². The second-order valence-corrected chi connectivity index (χ2v) is 8.66. The molecule has 2 saturated carbocycles. The van der Waals surface area contributed by atoms with Gasteiger partial charge in [0, 0.05) is 37.2 Å². The molecule has 2 amide bonds. The molecule has 2 aliphatic rings. The van der Waals surface area contributed by atoms with Crippen molar-refractivity contribution in [2.75, 3.05) is 5.32 Å². The van der Waals surface area contributed by atoms with Crippen LogP contribution in [-0.4, -0.2) is 16.7 Å².